The monoisotopic (exact) mass is 266 g/mol. The van der Waals surface area contributed by atoms with Crippen LogP contribution in [0.5, 0.6) is 0 Å². The van der Waals surface area contributed by atoms with Crippen LogP contribution in [-0.2, 0) is 9.59 Å². The second-order valence-electron chi connectivity index (χ2n) is 5.74. The number of hydrogen-bond acceptors (Lipinski definition) is 4. The minimum absolute atomic E-state index is 0.138. The Morgan fingerprint density at radius 2 is 1.26 bits per heavy atom. The highest BCUT2D eigenvalue weighted by Gasteiger charge is 2.31. The molecule has 1 aliphatic heterocycles. The molecule has 1 aliphatic rings. The van der Waals surface area contributed by atoms with E-state index in [9.17, 15) is 9.59 Å². The number of nitrogens with zero attached hydrogens (tertiary/aromatic N) is 2. The Morgan fingerprint density at radius 1 is 0.895 bits per heavy atom. The smallest absolute Gasteiger partial charge is 0.167 e. The Hall–Kier alpha value is -1.32. The van der Waals surface area contributed by atoms with Crippen LogP contribution in [0.4, 0.5) is 0 Å². The van der Waals surface area contributed by atoms with Crippen LogP contribution >= 0.6 is 0 Å². The zero-order valence-electron chi connectivity index (χ0n) is 13.0. The van der Waals surface area contributed by atoms with Gasteiger partial charge in [0.2, 0.25) is 0 Å². The van der Waals surface area contributed by atoms with E-state index >= 15 is 0 Å². The van der Waals surface area contributed by atoms with Gasteiger partial charge >= 0.3 is 0 Å². The summed E-state index contributed by atoms with van der Waals surface area (Å²) in [7, 11) is 0. The molecule has 1 saturated heterocycles. The van der Waals surface area contributed by atoms with Gasteiger partial charge in [-0.1, -0.05) is 0 Å². The highest BCUT2D eigenvalue weighted by molar-refractivity contribution is 6.18. The summed E-state index contributed by atoms with van der Waals surface area (Å²) in [6.45, 7) is 13.2. The van der Waals surface area contributed by atoms with Crippen molar-refractivity contribution in [2.45, 2.75) is 60.0 Å². The molecule has 0 aromatic carbocycles. The van der Waals surface area contributed by atoms with Gasteiger partial charge < -0.3 is 9.80 Å². The molecule has 4 heteroatoms. The SMILES string of the molecule is CC(=O)C(C(C)=O)=C1N(C(C)C)CCCN1C(C)C. The molecule has 1 rings (SSSR count). The first-order valence-corrected chi connectivity index (χ1v) is 7.06. The van der Waals surface area contributed by atoms with E-state index in [4.69, 9.17) is 0 Å². The predicted octanol–water partition coefficient (Wildman–Crippen LogP) is 2.20. The first-order valence-electron chi connectivity index (χ1n) is 7.06. The summed E-state index contributed by atoms with van der Waals surface area (Å²) in [6.07, 6.45) is 1.06. The minimum atomic E-state index is -0.138. The Labute approximate surface area is 116 Å². The van der Waals surface area contributed by atoms with Crippen molar-refractivity contribution in [2.24, 2.45) is 0 Å². The summed E-state index contributed by atoms with van der Waals surface area (Å²) in [6, 6.07) is 0.565. The molecule has 1 heterocycles. The maximum atomic E-state index is 11.9. The van der Waals surface area contributed by atoms with E-state index < -0.39 is 0 Å². The van der Waals surface area contributed by atoms with Crippen LogP contribution in [0.3, 0.4) is 0 Å². The van der Waals surface area contributed by atoms with E-state index in [1.54, 1.807) is 0 Å². The third kappa shape index (κ3) is 3.37. The molecule has 0 amide bonds. The van der Waals surface area contributed by atoms with Crippen LogP contribution in [0.1, 0.15) is 48.0 Å². The third-order valence-electron chi connectivity index (χ3n) is 3.52. The van der Waals surface area contributed by atoms with Gasteiger partial charge in [-0.3, -0.25) is 9.59 Å². The van der Waals surface area contributed by atoms with Crippen molar-refractivity contribution in [3.63, 3.8) is 0 Å². The van der Waals surface area contributed by atoms with Gasteiger partial charge in [0.25, 0.3) is 0 Å². The lowest BCUT2D eigenvalue weighted by atomic mass is 10.0. The van der Waals surface area contributed by atoms with Crippen LogP contribution in [0.25, 0.3) is 0 Å². The molecule has 0 aliphatic carbocycles. The normalized spacial score (nSPS) is 16.3. The van der Waals surface area contributed by atoms with Crippen molar-refractivity contribution in [2.75, 3.05) is 13.1 Å². The molecule has 19 heavy (non-hydrogen) atoms. The molecular weight excluding hydrogens is 240 g/mol. The highest BCUT2D eigenvalue weighted by atomic mass is 16.1. The van der Waals surface area contributed by atoms with E-state index in [0.29, 0.717) is 5.57 Å². The zero-order chi connectivity index (χ0) is 14.7. The fourth-order valence-corrected chi connectivity index (χ4v) is 2.64. The number of carbonyl (C=O) groups excluding carboxylic acids is 2. The molecule has 108 valence electrons. The molecule has 0 N–H and O–H groups in total. The number of allylic oxidation sites excluding steroid dienone is 1. The minimum Gasteiger partial charge on any atom is -0.355 e. The molecule has 4 nitrogen and oxygen atoms in total. The van der Waals surface area contributed by atoms with Gasteiger partial charge in [0, 0.05) is 25.2 Å². The highest BCUT2D eigenvalue weighted by Crippen LogP contribution is 2.26. The Balaban J connectivity index is 3.41. The van der Waals surface area contributed by atoms with Crippen LogP contribution < -0.4 is 0 Å². The molecule has 0 aromatic heterocycles. The molecular formula is C15H26N2O2. The molecule has 0 aromatic rings. The van der Waals surface area contributed by atoms with Crippen molar-refractivity contribution >= 4 is 11.6 Å². The number of ketones is 2. The van der Waals surface area contributed by atoms with Gasteiger partial charge in [-0.15, -0.1) is 0 Å². The number of rotatable bonds is 4. The van der Waals surface area contributed by atoms with Crippen molar-refractivity contribution < 1.29 is 9.59 Å². The molecule has 0 radical (unpaired) electrons. The van der Waals surface area contributed by atoms with Gasteiger partial charge in [0.05, 0.1) is 0 Å². The maximum Gasteiger partial charge on any atom is 0.167 e. The largest absolute Gasteiger partial charge is 0.355 e. The van der Waals surface area contributed by atoms with E-state index in [1.165, 1.54) is 13.8 Å². The predicted molar refractivity (Wildman–Crippen MR) is 76.7 cm³/mol. The summed E-state index contributed by atoms with van der Waals surface area (Å²) in [5, 5.41) is 0. The van der Waals surface area contributed by atoms with Crippen molar-refractivity contribution in [1.82, 2.24) is 9.80 Å². The average Bonchev–Trinajstić information content (AvgIpc) is 2.27. The standard InChI is InChI=1S/C15H26N2O2/c1-10(2)16-8-7-9-17(11(3)4)15(16)14(12(5)18)13(6)19/h10-11H,7-9H2,1-6H3. The topological polar surface area (TPSA) is 40.6 Å². The van der Waals surface area contributed by atoms with E-state index in [2.05, 4.69) is 37.5 Å². The van der Waals surface area contributed by atoms with E-state index in [1.807, 2.05) is 0 Å². The second kappa shape index (κ2) is 6.22. The van der Waals surface area contributed by atoms with Crippen LogP contribution in [0.2, 0.25) is 0 Å². The van der Waals surface area contributed by atoms with Crippen molar-refractivity contribution in [3.05, 3.63) is 11.4 Å². The fraction of sp³-hybridized carbons (Fsp3) is 0.733. The zero-order valence-corrected chi connectivity index (χ0v) is 13.0. The summed E-state index contributed by atoms with van der Waals surface area (Å²) in [5.41, 5.74) is 0.349. The maximum absolute atomic E-state index is 11.9. The molecule has 1 fully saturated rings. The van der Waals surface area contributed by atoms with E-state index in [0.717, 1.165) is 25.3 Å². The summed E-state index contributed by atoms with van der Waals surface area (Å²) < 4.78 is 0. The van der Waals surface area contributed by atoms with Gasteiger partial charge in [-0.05, 0) is 48.0 Å². The molecule has 0 saturated carbocycles. The number of carbonyl (C=O) groups is 2. The summed E-state index contributed by atoms with van der Waals surface area (Å²) in [4.78, 5) is 28.1. The Morgan fingerprint density at radius 3 is 1.53 bits per heavy atom. The van der Waals surface area contributed by atoms with Gasteiger partial charge in [-0.2, -0.15) is 0 Å². The second-order valence-corrected chi connectivity index (χ2v) is 5.74. The average molecular weight is 266 g/mol. The summed E-state index contributed by atoms with van der Waals surface area (Å²) in [5.74, 6) is 0.553. The van der Waals surface area contributed by atoms with Gasteiger partial charge in [0.1, 0.15) is 11.4 Å². The Bertz CT molecular complexity index is 363. The molecule has 0 unspecified atom stereocenters. The molecule has 0 atom stereocenters. The summed E-state index contributed by atoms with van der Waals surface area (Å²) >= 11 is 0. The van der Waals surface area contributed by atoms with Crippen LogP contribution in [-0.4, -0.2) is 46.5 Å². The van der Waals surface area contributed by atoms with Crippen LogP contribution in [0, 0.1) is 0 Å². The van der Waals surface area contributed by atoms with Crippen molar-refractivity contribution in [3.8, 4) is 0 Å². The van der Waals surface area contributed by atoms with Gasteiger partial charge in [0.15, 0.2) is 11.6 Å². The van der Waals surface area contributed by atoms with Crippen molar-refractivity contribution in [1.29, 1.82) is 0 Å². The van der Waals surface area contributed by atoms with E-state index in [-0.39, 0.29) is 23.7 Å². The third-order valence-corrected chi connectivity index (χ3v) is 3.52. The van der Waals surface area contributed by atoms with Crippen LogP contribution in [0.15, 0.2) is 11.4 Å². The lowest BCUT2D eigenvalue weighted by molar-refractivity contribution is -0.119. The lowest BCUT2D eigenvalue weighted by Crippen LogP contribution is -2.49. The molecule has 0 bridgehead atoms. The lowest BCUT2D eigenvalue weighted by Gasteiger charge is -2.45. The fourth-order valence-electron chi connectivity index (χ4n) is 2.64. The Kier molecular flexibility index (Phi) is 5.15. The quantitative estimate of drug-likeness (QED) is 0.444. The first kappa shape index (κ1) is 15.7. The number of hydrogen-bond donors (Lipinski definition) is 0. The molecule has 0 spiro atoms. The first-order chi connectivity index (χ1) is 8.77. The van der Waals surface area contributed by atoms with Gasteiger partial charge in [-0.25, -0.2) is 0 Å². The number of Topliss-reactive ketones (excluding diaryl/α,β-unsaturated/α-hetero) is 2.